The standard InChI is InChI=1S/C17H21F2N3O2/c18-12-3-6-14(19)11(10-12)7-8-20-17(24)22-9-1-2-15(22)16(23)21-13-4-5-13/h3,6,10,13,15H,1-2,4-5,7-9H2,(H,20,24)(H,21,23). The summed E-state index contributed by atoms with van der Waals surface area (Å²) in [5.41, 5.74) is 0.222. The smallest absolute Gasteiger partial charge is 0.318 e. The summed E-state index contributed by atoms with van der Waals surface area (Å²) in [5.74, 6) is -1.09. The Bertz CT molecular complexity index is 634. The fourth-order valence-corrected chi connectivity index (χ4v) is 2.95. The summed E-state index contributed by atoms with van der Waals surface area (Å²) >= 11 is 0. The average Bonchev–Trinajstić information content (AvgIpc) is 3.22. The van der Waals surface area contributed by atoms with Crippen molar-refractivity contribution in [2.75, 3.05) is 13.1 Å². The third kappa shape index (κ3) is 4.01. The van der Waals surface area contributed by atoms with E-state index >= 15 is 0 Å². The summed E-state index contributed by atoms with van der Waals surface area (Å²) in [6.07, 6.45) is 3.65. The third-order valence-electron chi connectivity index (χ3n) is 4.42. The number of benzene rings is 1. The number of hydrogen-bond donors (Lipinski definition) is 2. The maximum Gasteiger partial charge on any atom is 0.318 e. The molecule has 1 saturated heterocycles. The highest BCUT2D eigenvalue weighted by Crippen LogP contribution is 2.22. The number of rotatable bonds is 5. The van der Waals surface area contributed by atoms with Crippen LogP contribution in [-0.4, -0.2) is 42.0 Å². The van der Waals surface area contributed by atoms with Gasteiger partial charge >= 0.3 is 6.03 Å². The van der Waals surface area contributed by atoms with Crippen LogP contribution in [0.2, 0.25) is 0 Å². The first-order valence-corrected chi connectivity index (χ1v) is 8.33. The molecule has 3 amide bonds. The Labute approximate surface area is 139 Å². The van der Waals surface area contributed by atoms with Crippen molar-refractivity contribution in [3.63, 3.8) is 0 Å². The van der Waals surface area contributed by atoms with Crippen molar-refractivity contribution in [2.24, 2.45) is 0 Å². The highest BCUT2D eigenvalue weighted by atomic mass is 19.1. The lowest BCUT2D eigenvalue weighted by molar-refractivity contribution is -0.124. The van der Waals surface area contributed by atoms with Crippen molar-refractivity contribution in [2.45, 2.75) is 44.2 Å². The molecule has 0 radical (unpaired) electrons. The van der Waals surface area contributed by atoms with E-state index in [-0.39, 0.29) is 36.5 Å². The van der Waals surface area contributed by atoms with Gasteiger partial charge in [-0.15, -0.1) is 0 Å². The van der Waals surface area contributed by atoms with Gasteiger partial charge in [-0.1, -0.05) is 0 Å². The number of carbonyl (C=O) groups is 2. The lowest BCUT2D eigenvalue weighted by Gasteiger charge is -2.24. The maximum absolute atomic E-state index is 13.5. The van der Waals surface area contributed by atoms with Gasteiger partial charge in [0.1, 0.15) is 17.7 Å². The molecular formula is C17H21F2N3O2. The van der Waals surface area contributed by atoms with E-state index in [1.54, 1.807) is 0 Å². The molecule has 0 bridgehead atoms. The molecule has 1 heterocycles. The molecule has 2 aliphatic rings. The topological polar surface area (TPSA) is 61.4 Å². The highest BCUT2D eigenvalue weighted by molar-refractivity contribution is 5.88. The van der Waals surface area contributed by atoms with E-state index < -0.39 is 17.7 Å². The van der Waals surface area contributed by atoms with E-state index in [2.05, 4.69) is 10.6 Å². The van der Waals surface area contributed by atoms with Gasteiger partial charge in [0.25, 0.3) is 0 Å². The second-order valence-corrected chi connectivity index (χ2v) is 6.35. The lowest BCUT2D eigenvalue weighted by atomic mass is 10.1. The number of hydrogen-bond acceptors (Lipinski definition) is 2. The predicted octanol–water partition coefficient (Wildman–Crippen LogP) is 1.96. The maximum atomic E-state index is 13.5. The minimum Gasteiger partial charge on any atom is -0.352 e. The van der Waals surface area contributed by atoms with Crippen LogP contribution in [0.3, 0.4) is 0 Å². The first-order chi connectivity index (χ1) is 11.5. The number of nitrogens with zero attached hydrogens (tertiary/aromatic N) is 1. The van der Waals surface area contributed by atoms with Gasteiger partial charge in [0, 0.05) is 19.1 Å². The number of likely N-dealkylation sites (tertiary alicyclic amines) is 1. The zero-order valence-corrected chi connectivity index (χ0v) is 13.4. The summed E-state index contributed by atoms with van der Waals surface area (Å²) in [7, 11) is 0. The Morgan fingerprint density at radius 3 is 2.75 bits per heavy atom. The Balaban J connectivity index is 1.50. The first-order valence-electron chi connectivity index (χ1n) is 8.33. The van der Waals surface area contributed by atoms with Gasteiger partial charge in [-0.3, -0.25) is 4.79 Å². The molecule has 3 rings (SSSR count). The van der Waals surface area contributed by atoms with Crippen LogP contribution < -0.4 is 10.6 Å². The molecule has 0 aromatic heterocycles. The third-order valence-corrected chi connectivity index (χ3v) is 4.42. The van der Waals surface area contributed by atoms with E-state index in [1.807, 2.05) is 0 Å². The fraction of sp³-hybridized carbons (Fsp3) is 0.529. The zero-order valence-electron chi connectivity index (χ0n) is 13.4. The van der Waals surface area contributed by atoms with Crippen molar-refractivity contribution in [3.05, 3.63) is 35.4 Å². The van der Waals surface area contributed by atoms with E-state index in [4.69, 9.17) is 0 Å². The molecule has 1 aromatic rings. The summed E-state index contributed by atoms with van der Waals surface area (Å²) in [6, 6.07) is 2.76. The van der Waals surface area contributed by atoms with Crippen LogP contribution in [0, 0.1) is 11.6 Å². The predicted molar refractivity (Wildman–Crippen MR) is 84.4 cm³/mol. The van der Waals surface area contributed by atoms with E-state index in [9.17, 15) is 18.4 Å². The van der Waals surface area contributed by atoms with Crippen molar-refractivity contribution in [3.8, 4) is 0 Å². The summed E-state index contributed by atoms with van der Waals surface area (Å²) in [4.78, 5) is 26.0. The van der Waals surface area contributed by atoms with Crippen LogP contribution in [0.1, 0.15) is 31.2 Å². The fourth-order valence-electron chi connectivity index (χ4n) is 2.95. The van der Waals surface area contributed by atoms with E-state index in [1.165, 1.54) is 4.90 Å². The van der Waals surface area contributed by atoms with Crippen molar-refractivity contribution < 1.29 is 18.4 Å². The van der Waals surface area contributed by atoms with Crippen LogP contribution in [0.5, 0.6) is 0 Å². The number of nitrogens with one attached hydrogen (secondary N) is 2. The summed E-state index contributed by atoms with van der Waals surface area (Å²) in [5, 5.41) is 5.62. The number of carbonyl (C=O) groups excluding carboxylic acids is 2. The van der Waals surface area contributed by atoms with Gasteiger partial charge in [0.05, 0.1) is 0 Å². The Morgan fingerprint density at radius 2 is 2.00 bits per heavy atom. The quantitative estimate of drug-likeness (QED) is 0.863. The largest absolute Gasteiger partial charge is 0.352 e. The Kier molecular flexibility index (Phi) is 4.97. The van der Waals surface area contributed by atoms with E-state index in [0.717, 1.165) is 37.5 Å². The summed E-state index contributed by atoms with van der Waals surface area (Å²) in [6.45, 7) is 0.718. The van der Waals surface area contributed by atoms with Gasteiger partial charge in [-0.05, 0) is 55.9 Å². The second kappa shape index (κ2) is 7.15. The van der Waals surface area contributed by atoms with Crippen LogP contribution >= 0.6 is 0 Å². The lowest BCUT2D eigenvalue weighted by Crippen LogP contribution is -2.50. The number of halogens is 2. The van der Waals surface area contributed by atoms with Crippen LogP contribution in [0.25, 0.3) is 0 Å². The van der Waals surface area contributed by atoms with E-state index in [0.29, 0.717) is 13.0 Å². The van der Waals surface area contributed by atoms with Crippen molar-refractivity contribution >= 4 is 11.9 Å². The van der Waals surface area contributed by atoms with Crippen LogP contribution in [-0.2, 0) is 11.2 Å². The Hall–Kier alpha value is -2.18. The minimum absolute atomic E-state index is 0.0960. The van der Waals surface area contributed by atoms with Crippen LogP contribution in [0.4, 0.5) is 13.6 Å². The summed E-state index contributed by atoms with van der Waals surface area (Å²) < 4.78 is 26.7. The van der Waals surface area contributed by atoms with Crippen molar-refractivity contribution in [1.29, 1.82) is 0 Å². The molecule has 1 unspecified atom stereocenters. The van der Waals surface area contributed by atoms with Crippen LogP contribution in [0.15, 0.2) is 18.2 Å². The first kappa shape index (κ1) is 16.7. The van der Waals surface area contributed by atoms with Gasteiger partial charge < -0.3 is 15.5 Å². The van der Waals surface area contributed by atoms with Gasteiger partial charge in [-0.25, -0.2) is 13.6 Å². The molecule has 2 fully saturated rings. The zero-order chi connectivity index (χ0) is 17.1. The molecule has 130 valence electrons. The molecule has 2 N–H and O–H groups in total. The number of urea groups is 1. The molecule has 5 nitrogen and oxygen atoms in total. The molecule has 1 atom stereocenters. The van der Waals surface area contributed by atoms with Gasteiger partial charge in [-0.2, -0.15) is 0 Å². The molecular weight excluding hydrogens is 316 g/mol. The second-order valence-electron chi connectivity index (χ2n) is 6.35. The minimum atomic E-state index is -0.505. The molecule has 1 aliphatic heterocycles. The van der Waals surface area contributed by atoms with Crippen molar-refractivity contribution in [1.82, 2.24) is 15.5 Å². The molecule has 7 heteroatoms. The highest BCUT2D eigenvalue weighted by Gasteiger charge is 2.36. The van der Waals surface area contributed by atoms with Gasteiger partial charge in [0.2, 0.25) is 5.91 Å². The SMILES string of the molecule is O=C(NC1CC1)C1CCCN1C(=O)NCCc1cc(F)ccc1F. The Morgan fingerprint density at radius 1 is 1.21 bits per heavy atom. The molecule has 1 aromatic carbocycles. The molecule has 0 spiro atoms. The molecule has 1 saturated carbocycles. The number of amides is 3. The molecule has 1 aliphatic carbocycles. The normalized spacial score (nSPS) is 20.1. The molecule has 24 heavy (non-hydrogen) atoms. The average molecular weight is 337 g/mol. The van der Waals surface area contributed by atoms with Gasteiger partial charge in [0.15, 0.2) is 0 Å². The monoisotopic (exact) mass is 337 g/mol.